The summed E-state index contributed by atoms with van der Waals surface area (Å²) >= 11 is 1.57. The molecular weight excluding hydrogens is 324 g/mol. The summed E-state index contributed by atoms with van der Waals surface area (Å²) < 4.78 is 7.15. The van der Waals surface area contributed by atoms with Gasteiger partial charge in [-0.1, -0.05) is 24.3 Å². The van der Waals surface area contributed by atoms with Crippen molar-refractivity contribution in [1.82, 2.24) is 9.88 Å². The molecule has 0 atom stereocenters. The van der Waals surface area contributed by atoms with Gasteiger partial charge in [-0.3, -0.25) is 4.79 Å². The van der Waals surface area contributed by atoms with Gasteiger partial charge in [0.15, 0.2) is 6.61 Å². The third kappa shape index (κ3) is 3.49. The molecule has 1 aromatic carbocycles. The van der Waals surface area contributed by atoms with Crippen LogP contribution >= 0.6 is 11.3 Å². The summed E-state index contributed by atoms with van der Waals surface area (Å²) in [6.07, 6.45) is 1.77. The quantitative estimate of drug-likeness (QED) is 0.700. The van der Waals surface area contributed by atoms with E-state index in [-0.39, 0.29) is 12.5 Å². The predicted molar refractivity (Wildman–Crippen MR) is 94.1 cm³/mol. The van der Waals surface area contributed by atoms with E-state index in [1.54, 1.807) is 17.5 Å². The van der Waals surface area contributed by atoms with Crippen molar-refractivity contribution in [3.63, 3.8) is 0 Å². The molecule has 0 bridgehead atoms. The van der Waals surface area contributed by atoms with Gasteiger partial charge in [-0.15, -0.1) is 11.3 Å². The standard InChI is InChI=1S/C18H18N2O3S/c1-2-20-11-15(14-7-3-4-8-16(14)20)18(22)23-12-17(21)19-10-13-6-5-9-24-13/h3-9,11H,2,10,12H2,1H3,(H,19,21). The molecule has 2 heterocycles. The highest BCUT2D eigenvalue weighted by Crippen LogP contribution is 2.22. The molecule has 0 aliphatic rings. The number of rotatable bonds is 6. The minimum atomic E-state index is -0.482. The van der Waals surface area contributed by atoms with Crippen LogP contribution in [0.3, 0.4) is 0 Å². The van der Waals surface area contributed by atoms with Crippen LogP contribution in [0.25, 0.3) is 10.9 Å². The molecule has 0 saturated heterocycles. The third-order valence-electron chi connectivity index (χ3n) is 3.72. The van der Waals surface area contributed by atoms with Crippen molar-refractivity contribution in [3.8, 4) is 0 Å². The average molecular weight is 342 g/mol. The van der Waals surface area contributed by atoms with Gasteiger partial charge in [0.25, 0.3) is 5.91 Å². The lowest BCUT2D eigenvalue weighted by Gasteiger charge is -2.05. The summed E-state index contributed by atoms with van der Waals surface area (Å²) in [5, 5.41) is 5.52. The molecule has 1 N–H and O–H groups in total. The number of ether oxygens (including phenoxy) is 1. The number of fused-ring (bicyclic) bond motifs is 1. The van der Waals surface area contributed by atoms with Gasteiger partial charge >= 0.3 is 5.97 Å². The number of nitrogens with one attached hydrogen (secondary N) is 1. The molecule has 0 spiro atoms. The van der Waals surface area contributed by atoms with Crippen LogP contribution in [0.2, 0.25) is 0 Å². The number of benzene rings is 1. The van der Waals surface area contributed by atoms with Crippen LogP contribution in [0.4, 0.5) is 0 Å². The summed E-state index contributed by atoms with van der Waals surface area (Å²) in [5.41, 5.74) is 1.47. The highest BCUT2D eigenvalue weighted by molar-refractivity contribution is 7.09. The maximum absolute atomic E-state index is 12.3. The number of para-hydroxylation sites is 1. The van der Waals surface area contributed by atoms with Crippen molar-refractivity contribution in [2.75, 3.05) is 6.61 Å². The fourth-order valence-corrected chi connectivity index (χ4v) is 3.17. The van der Waals surface area contributed by atoms with Crippen molar-refractivity contribution in [2.24, 2.45) is 0 Å². The molecule has 1 amide bonds. The zero-order valence-electron chi connectivity index (χ0n) is 13.3. The molecule has 0 saturated carbocycles. The van der Waals surface area contributed by atoms with Crippen LogP contribution in [0.15, 0.2) is 48.0 Å². The first kappa shape index (κ1) is 16.3. The summed E-state index contributed by atoms with van der Waals surface area (Å²) in [4.78, 5) is 25.2. The van der Waals surface area contributed by atoms with E-state index in [2.05, 4.69) is 5.32 Å². The third-order valence-corrected chi connectivity index (χ3v) is 4.60. The zero-order chi connectivity index (χ0) is 16.9. The molecule has 0 aliphatic carbocycles. The lowest BCUT2D eigenvalue weighted by Crippen LogP contribution is -2.28. The molecule has 6 heteroatoms. The summed E-state index contributed by atoms with van der Waals surface area (Å²) in [6.45, 7) is 2.94. The van der Waals surface area contributed by atoms with Crippen LogP contribution in [-0.4, -0.2) is 23.1 Å². The van der Waals surface area contributed by atoms with Gasteiger partial charge in [-0.2, -0.15) is 0 Å². The van der Waals surface area contributed by atoms with Gasteiger partial charge in [0.1, 0.15) is 0 Å². The lowest BCUT2D eigenvalue weighted by molar-refractivity contribution is -0.124. The summed E-state index contributed by atoms with van der Waals surface area (Å²) in [5.74, 6) is -0.791. The summed E-state index contributed by atoms with van der Waals surface area (Å²) in [7, 11) is 0. The Morgan fingerprint density at radius 1 is 1.21 bits per heavy atom. The Hall–Kier alpha value is -2.60. The highest BCUT2D eigenvalue weighted by Gasteiger charge is 2.16. The average Bonchev–Trinajstić information content (AvgIpc) is 3.25. The first-order valence-electron chi connectivity index (χ1n) is 7.73. The largest absolute Gasteiger partial charge is 0.452 e. The molecule has 0 fully saturated rings. The van der Waals surface area contributed by atoms with E-state index in [1.807, 2.05) is 53.3 Å². The Labute approximate surface area is 143 Å². The molecule has 0 radical (unpaired) electrons. The van der Waals surface area contributed by atoms with Crippen LogP contribution in [0, 0.1) is 0 Å². The molecule has 5 nitrogen and oxygen atoms in total. The number of hydrogen-bond donors (Lipinski definition) is 1. The zero-order valence-corrected chi connectivity index (χ0v) is 14.1. The van der Waals surface area contributed by atoms with Gasteiger partial charge in [0.05, 0.1) is 12.1 Å². The molecule has 124 valence electrons. The summed E-state index contributed by atoms with van der Waals surface area (Å²) in [6, 6.07) is 11.5. The number of carbonyl (C=O) groups is 2. The Balaban J connectivity index is 1.62. The van der Waals surface area contributed by atoms with E-state index in [0.29, 0.717) is 12.1 Å². The van der Waals surface area contributed by atoms with E-state index >= 15 is 0 Å². The van der Waals surface area contributed by atoms with Gasteiger partial charge in [0.2, 0.25) is 0 Å². The first-order chi connectivity index (χ1) is 11.7. The maximum atomic E-state index is 12.3. The van der Waals surface area contributed by atoms with Crippen LogP contribution in [-0.2, 0) is 22.6 Å². The lowest BCUT2D eigenvalue weighted by atomic mass is 10.2. The minimum absolute atomic E-state index is 0.282. The van der Waals surface area contributed by atoms with E-state index in [0.717, 1.165) is 22.3 Å². The van der Waals surface area contributed by atoms with Crippen LogP contribution in [0.1, 0.15) is 22.2 Å². The Kier molecular flexibility index (Phi) is 4.96. The van der Waals surface area contributed by atoms with Gasteiger partial charge < -0.3 is 14.6 Å². The number of aromatic nitrogens is 1. The number of nitrogens with zero attached hydrogens (tertiary/aromatic N) is 1. The monoisotopic (exact) mass is 342 g/mol. The van der Waals surface area contributed by atoms with Crippen molar-refractivity contribution in [3.05, 3.63) is 58.4 Å². The highest BCUT2D eigenvalue weighted by atomic mass is 32.1. The number of esters is 1. The second-order valence-electron chi connectivity index (χ2n) is 5.28. The molecule has 3 aromatic rings. The van der Waals surface area contributed by atoms with Crippen LogP contribution < -0.4 is 5.32 Å². The van der Waals surface area contributed by atoms with Crippen molar-refractivity contribution >= 4 is 34.1 Å². The number of aryl methyl sites for hydroxylation is 1. The fourth-order valence-electron chi connectivity index (χ4n) is 2.53. The number of hydrogen-bond acceptors (Lipinski definition) is 4. The topological polar surface area (TPSA) is 60.3 Å². The molecule has 24 heavy (non-hydrogen) atoms. The van der Waals surface area contributed by atoms with Crippen molar-refractivity contribution in [1.29, 1.82) is 0 Å². The van der Waals surface area contributed by atoms with Crippen molar-refractivity contribution in [2.45, 2.75) is 20.0 Å². The Morgan fingerprint density at radius 2 is 2.04 bits per heavy atom. The van der Waals surface area contributed by atoms with Gasteiger partial charge in [-0.25, -0.2) is 4.79 Å². The second kappa shape index (κ2) is 7.31. The van der Waals surface area contributed by atoms with E-state index in [9.17, 15) is 9.59 Å². The first-order valence-corrected chi connectivity index (χ1v) is 8.61. The van der Waals surface area contributed by atoms with E-state index in [1.165, 1.54) is 0 Å². The predicted octanol–water partition coefficient (Wildman–Crippen LogP) is 3.20. The maximum Gasteiger partial charge on any atom is 0.340 e. The van der Waals surface area contributed by atoms with Crippen LogP contribution in [0.5, 0.6) is 0 Å². The molecule has 0 unspecified atom stereocenters. The SMILES string of the molecule is CCn1cc(C(=O)OCC(=O)NCc2cccs2)c2ccccc21. The molecule has 0 aliphatic heterocycles. The molecular formula is C18H18N2O3S. The number of carbonyl (C=O) groups excluding carboxylic acids is 2. The fraction of sp³-hybridized carbons (Fsp3) is 0.222. The van der Waals surface area contributed by atoms with E-state index in [4.69, 9.17) is 4.74 Å². The van der Waals surface area contributed by atoms with E-state index < -0.39 is 5.97 Å². The number of amides is 1. The minimum Gasteiger partial charge on any atom is -0.452 e. The van der Waals surface area contributed by atoms with Crippen molar-refractivity contribution < 1.29 is 14.3 Å². The Morgan fingerprint density at radius 3 is 2.79 bits per heavy atom. The molecule has 3 rings (SSSR count). The smallest absolute Gasteiger partial charge is 0.340 e. The normalized spacial score (nSPS) is 10.7. The second-order valence-corrected chi connectivity index (χ2v) is 6.31. The molecule has 2 aromatic heterocycles. The Bertz CT molecular complexity index is 852. The number of thiophene rings is 1. The van der Waals surface area contributed by atoms with Gasteiger partial charge in [-0.05, 0) is 24.4 Å². The van der Waals surface area contributed by atoms with Gasteiger partial charge in [0, 0.05) is 28.5 Å².